The van der Waals surface area contributed by atoms with Gasteiger partial charge in [0.15, 0.2) is 0 Å². The third-order valence-electron chi connectivity index (χ3n) is 2.68. The Morgan fingerprint density at radius 2 is 2.20 bits per heavy atom. The summed E-state index contributed by atoms with van der Waals surface area (Å²) >= 11 is 0. The molecule has 1 saturated heterocycles. The molecular weight excluding hydrogens is 122 g/mol. The van der Waals surface area contributed by atoms with Gasteiger partial charge in [0.05, 0.1) is 0 Å². The van der Waals surface area contributed by atoms with E-state index in [0.29, 0.717) is 11.5 Å². The second-order valence-corrected chi connectivity index (χ2v) is 3.80. The maximum Gasteiger partial charge on any atom is 0.0369 e. The third kappa shape index (κ3) is 1.18. The first-order chi connectivity index (χ1) is 4.54. The van der Waals surface area contributed by atoms with Crippen LogP contribution in [0, 0.1) is 5.92 Å². The molecule has 1 nitrogen and oxygen atoms in total. The molecular formula is C9H17N. The van der Waals surface area contributed by atoms with E-state index in [1.54, 1.807) is 0 Å². The lowest BCUT2D eigenvalue weighted by Gasteiger charge is -2.29. The first kappa shape index (κ1) is 7.64. The Bertz CT molecular complexity index is 149. The summed E-state index contributed by atoms with van der Waals surface area (Å²) in [5.41, 5.74) is 1.52. The smallest absolute Gasteiger partial charge is 0.0369 e. The van der Waals surface area contributed by atoms with Gasteiger partial charge < -0.3 is 5.32 Å². The fourth-order valence-electron chi connectivity index (χ4n) is 1.37. The van der Waals surface area contributed by atoms with Crippen LogP contribution in [0.5, 0.6) is 0 Å². The summed E-state index contributed by atoms with van der Waals surface area (Å²) in [7, 11) is 0. The molecule has 0 aromatic heterocycles. The highest BCUT2D eigenvalue weighted by Crippen LogP contribution is 2.30. The molecule has 0 saturated carbocycles. The molecule has 1 unspecified atom stereocenters. The van der Waals surface area contributed by atoms with Crippen LogP contribution < -0.4 is 5.32 Å². The van der Waals surface area contributed by atoms with E-state index in [4.69, 9.17) is 0 Å². The van der Waals surface area contributed by atoms with Crippen molar-refractivity contribution in [3.05, 3.63) is 12.3 Å². The monoisotopic (exact) mass is 139 g/mol. The van der Waals surface area contributed by atoms with Crippen LogP contribution in [0.2, 0.25) is 0 Å². The van der Waals surface area contributed by atoms with E-state index in [1.165, 1.54) is 12.1 Å². The van der Waals surface area contributed by atoms with E-state index in [0.717, 1.165) is 6.42 Å². The van der Waals surface area contributed by atoms with Crippen molar-refractivity contribution in [2.24, 2.45) is 5.92 Å². The summed E-state index contributed by atoms with van der Waals surface area (Å²) in [5, 5.41) is 3.44. The Hall–Kier alpha value is -0.460. The van der Waals surface area contributed by atoms with Crippen molar-refractivity contribution in [3.63, 3.8) is 0 Å². The molecule has 0 amide bonds. The van der Waals surface area contributed by atoms with Gasteiger partial charge in [-0.25, -0.2) is 0 Å². The summed E-state index contributed by atoms with van der Waals surface area (Å²) in [5.74, 6) is 0.701. The molecule has 1 N–H and O–H groups in total. The number of hydrogen-bond acceptors (Lipinski definition) is 1. The normalized spacial score (nSPS) is 33.0. The molecule has 1 heteroatoms. The summed E-state index contributed by atoms with van der Waals surface area (Å²) in [6, 6.07) is 0. The average molecular weight is 139 g/mol. The Kier molecular flexibility index (Phi) is 1.76. The van der Waals surface area contributed by atoms with Gasteiger partial charge >= 0.3 is 0 Å². The molecule has 58 valence electrons. The van der Waals surface area contributed by atoms with Gasteiger partial charge in [-0.2, -0.15) is 0 Å². The van der Waals surface area contributed by atoms with Gasteiger partial charge in [0, 0.05) is 11.2 Å². The standard InChI is InChI=1S/C9H17N/c1-7(2)9(4)6-5-8(3)10-9/h7,10H,3,5-6H2,1-2,4H3. The molecule has 10 heavy (non-hydrogen) atoms. The molecule has 0 radical (unpaired) electrons. The van der Waals surface area contributed by atoms with E-state index in [1.807, 2.05) is 0 Å². The first-order valence-corrected chi connectivity index (χ1v) is 4.00. The maximum absolute atomic E-state index is 3.92. The molecule has 1 fully saturated rings. The summed E-state index contributed by atoms with van der Waals surface area (Å²) in [6.45, 7) is 10.7. The molecule has 0 aromatic rings. The quantitative estimate of drug-likeness (QED) is 0.587. The molecule has 1 aliphatic heterocycles. The van der Waals surface area contributed by atoms with Crippen molar-refractivity contribution in [3.8, 4) is 0 Å². The van der Waals surface area contributed by atoms with Gasteiger partial charge in [0.25, 0.3) is 0 Å². The van der Waals surface area contributed by atoms with E-state index in [9.17, 15) is 0 Å². The van der Waals surface area contributed by atoms with Crippen molar-refractivity contribution >= 4 is 0 Å². The Balaban J connectivity index is 2.63. The molecule has 0 aliphatic carbocycles. The van der Waals surface area contributed by atoms with Gasteiger partial charge in [-0.15, -0.1) is 0 Å². The van der Waals surface area contributed by atoms with Gasteiger partial charge in [-0.1, -0.05) is 20.4 Å². The van der Waals surface area contributed by atoms with Gasteiger partial charge in [0.2, 0.25) is 0 Å². The summed E-state index contributed by atoms with van der Waals surface area (Å²) < 4.78 is 0. The number of rotatable bonds is 1. The van der Waals surface area contributed by atoms with Crippen LogP contribution in [0.4, 0.5) is 0 Å². The summed E-state index contributed by atoms with van der Waals surface area (Å²) in [6.07, 6.45) is 2.39. The third-order valence-corrected chi connectivity index (χ3v) is 2.68. The van der Waals surface area contributed by atoms with E-state index < -0.39 is 0 Å². The molecule has 1 atom stereocenters. The SMILES string of the molecule is C=C1CCC(C)(C(C)C)N1. The first-order valence-electron chi connectivity index (χ1n) is 4.00. The van der Waals surface area contributed by atoms with Crippen LogP contribution in [-0.4, -0.2) is 5.54 Å². The fourth-order valence-corrected chi connectivity index (χ4v) is 1.37. The van der Waals surface area contributed by atoms with Crippen molar-refractivity contribution in [1.29, 1.82) is 0 Å². The van der Waals surface area contributed by atoms with E-state index in [-0.39, 0.29) is 0 Å². The molecule has 0 spiro atoms. The van der Waals surface area contributed by atoms with Crippen molar-refractivity contribution < 1.29 is 0 Å². The summed E-state index contributed by atoms with van der Waals surface area (Å²) in [4.78, 5) is 0. The largest absolute Gasteiger partial charge is 0.383 e. The van der Waals surface area contributed by atoms with Crippen LogP contribution >= 0.6 is 0 Å². The molecule has 1 rings (SSSR count). The molecule has 0 bridgehead atoms. The molecule has 1 aliphatic rings. The van der Waals surface area contributed by atoms with Crippen LogP contribution in [0.3, 0.4) is 0 Å². The molecule has 1 heterocycles. The zero-order valence-electron chi connectivity index (χ0n) is 7.20. The topological polar surface area (TPSA) is 12.0 Å². The highest BCUT2D eigenvalue weighted by Gasteiger charge is 2.32. The van der Waals surface area contributed by atoms with E-state index >= 15 is 0 Å². The Morgan fingerprint density at radius 3 is 2.40 bits per heavy atom. The predicted molar refractivity (Wildman–Crippen MR) is 44.8 cm³/mol. The zero-order chi connectivity index (χ0) is 7.78. The lowest BCUT2D eigenvalue weighted by atomic mass is 9.87. The minimum atomic E-state index is 0.317. The number of nitrogens with one attached hydrogen (secondary N) is 1. The Labute approximate surface area is 63.5 Å². The maximum atomic E-state index is 3.92. The number of allylic oxidation sites excluding steroid dienone is 1. The molecule has 0 aromatic carbocycles. The highest BCUT2D eigenvalue weighted by molar-refractivity contribution is 5.08. The predicted octanol–water partition coefficient (Wildman–Crippen LogP) is 2.30. The minimum Gasteiger partial charge on any atom is -0.383 e. The van der Waals surface area contributed by atoms with Crippen LogP contribution in [0.25, 0.3) is 0 Å². The van der Waals surface area contributed by atoms with Gasteiger partial charge in [-0.3, -0.25) is 0 Å². The van der Waals surface area contributed by atoms with Crippen LogP contribution in [0.1, 0.15) is 33.6 Å². The highest BCUT2D eigenvalue weighted by atomic mass is 15.0. The van der Waals surface area contributed by atoms with Gasteiger partial charge in [0.1, 0.15) is 0 Å². The minimum absolute atomic E-state index is 0.317. The van der Waals surface area contributed by atoms with Crippen LogP contribution in [0.15, 0.2) is 12.3 Å². The Morgan fingerprint density at radius 1 is 1.60 bits per heavy atom. The second-order valence-electron chi connectivity index (χ2n) is 3.80. The average Bonchev–Trinajstić information content (AvgIpc) is 2.13. The lowest BCUT2D eigenvalue weighted by molar-refractivity contribution is 0.307. The van der Waals surface area contributed by atoms with Crippen LogP contribution in [-0.2, 0) is 0 Å². The van der Waals surface area contributed by atoms with Crippen molar-refractivity contribution in [2.75, 3.05) is 0 Å². The van der Waals surface area contributed by atoms with Gasteiger partial charge in [-0.05, 0) is 25.7 Å². The second kappa shape index (κ2) is 2.30. The zero-order valence-corrected chi connectivity index (χ0v) is 7.20. The lowest BCUT2D eigenvalue weighted by Crippen LogP contribution is -2.40. The van der Waals surface area contributed by atoms with Crippen molar-refractivity contribution in [1.82, 2.24) is 5.32 Å². The fraction of sp³-hybridized carbons (Fsp3) is 0.778. The van der Waals surface area contributed by atoms with E-state index in [2.05, 4.69) is 32.7 Å². The van der Waals surface area contributed by atoms with Crippen molar-refractivity contribution in [2.45, 2.75) is 39.2 Å². The number of hydrogen-bond donors (Lipinski definition) is 1.